The van der Waals surface area contributed by atoms with Crippen LogP contribution in [-0.4, -0.2) is 46.9 Å². The molecule has 0 radical (unpaired) electrons. The average Bonchev–Trinajstić information content (AvgIpc) is 2.25. The quantitative estimate of drug-likeness (QED) is 0.762. The van der Waals surface area contributed by atoms with E-state index in [9.17, 15) is 9.90 Å². The van der Waals surface area contributed by atoms with Crippen molar-refractivity contribution in [2.75, 3.05) is 13.1 Å². The highest BCUT2D eigenvalue weighted by atomic mass is 16.6. The molecule has 1 aliphatic rings. The molecule has 1 amide bonds. The lowest BCUT2D eigenvalue weighted by Gasteiger charge is -2.38. The van der Waals surface area contributed by atoms with Gasteiger partial charge in [0.2, 0.25) is 0 Å². The van der Waals surface area contributed by atoms with Crippen LogP contribution in [0.2, 0.25) is 0 Å². The number of nitrogens with two attached hydrogens (primary N) is 1. The first-order chi connectivity index (χ1) is 7.85. The van der Waals surface area contributed by atoms with E-state index in [0.717, 1.165) is 19.3 Å². The van der Waals surface area contributed by atoms with E-state index < -0.39 is 11.7 Å². The fourth-order valence-corrected chi connectivity index (χ4v) is 2.06. The van der Waals surface area contributed by atoms with Gasteiger partial charge in [0.05, 0.1) is 12.1 Å². The maximum atomic E-state index is 12.0. The van der Waals surface area contributed by atoms with Gasteiger partial charge in [0, 0.05) is 13.1 Å². The molecule has 1 saturated heterocycles. The molecule has 0 aromatic heterocycles. The molecule has 5 nitrogen and oxygen atoms in total. The van der Waals surface area contributed by atoms with Crippen LogP contribution in [0.15, 0.2) is 0 Å². The van der Waals surface area contributed by atoms with Gasteiger partial charge < -0.3 is 20.5 Å². The lowest BCUT2D eigenvalue weighted by Crippen LogP contribution is -2.53. The van der Waals surface area contributed by atoms with Gasteiger partial charge in [0.25, 0.3) is 0 Å². The van der Waals surface area contributed by atoms with Crippen molar-refractivity contribution in [3.8, 4) is 0 Å². The van der Waals surface area contributed by atoms with Gasteiger partial charge in [0.1, 0.15) is 5.60 Å². The lowest BCUT2D eigenvalue weighted by molar-refractivity contribution is -0.0143. The Morgan fingerprint density at radius 2 is 2.18 bits per heavy atom. The first-order valence-electron chi connectivity index (χ1n) is 6.23. The summed E-state index contributed by atoms with van der Waals surface area (Å²) in [5.74, 6) is 0. The van der Waals surface area contributed by atoms with E-state index in [1.165, 1.54) is 0 Å². The van der Waals surface area contributed by atoms with Gasteiger partial charge >= 0.3 is 6.09 Å². The summed E-state index contributed by atoms with van der Waals surface area (Å²) in [6.45, 7) is 6.32. The van der Waals surface area contributed by atoms with Crippen molar-refractivity contribution >= 4 is 6.09 Å². The third-order valence-electron chi connectivity index (χ3n) is 2.86. The van der Waals surface area contributed by atoms with E-state index in [4.69, 9.17) is 10.5 Å². The van der Waals surface area contributed by atoms with E-state index in [-0.39, 0.29) is 18.7 Å². The smallest absolute Gasteiger partial charge is 0.410 e. The maximum Gasteiger partial charge on any atom is 0.410 e. The molecule has 2 atom stereocenters. The topological polar surface area (TPSA) is 75.8 Å². The van der Waals surface area contributed by atoms with Gasteiger partial charge in [-0.15, -0.1) is 0 Å². The van der Waals surface area contributed by atoms with Crippen molar-refractivity contribution in [2.45, 2.75) is 57.8 Å². The van der Waals surface area contributed by atoms with Crippen molar-refractivity contribution in [3.05, 3.63) is 0 Å². The second-order valence-electron chi connectivity index (χ2n) is 5.54. The van der Waals surface area contributed by atoms with E-state index in [0.29, 0.717) is 6.54 Å². The molecule has 100 valence electrons. The number of rotatable bonds is 2. The molecule has 0 unspecified atom stereocenters. The summed E-state index contributed by atoms with van der Waals surface area (Å²) >= 11 is 0. The van der Waals surface area contributed by atoms with Crippen LogP contribution in [-0.2, 0) is 4.74 Å². The number of carbonyl (C=O) groups is 1. The predicted octanol–water partition coefficient (Wildman–Crippen LogP) is 1.10. The summed E-state index contributed by atoms with van der Waals surface area (Å²) in [5.41, 5.74) is 4.96. The Morgan fingerprint density at radius 3 is 2.71 bits per heavy atom. The molecule has 0 saturated carbocycles. The highest BCUT2D eigenvalue weighted by molar-refractivity contribution is 5.68. The van der Waals surface area contributed by atoms with Crippen LogP contribution in [0.4, 0.5) is 4.79 Å². The van der Waals surface area contributed by atoms with Crippen molar-refractivity contribution in [2.24, 2.45) is 5.73 Å². The molecule has 0 bridgehead atoms. The first kappa shape index (κ1) is 14.3. The molecule has 5 heteroatoms. The van der Waals surface area contributed by atoms with Crippen LogP contribution < -0.4 is 5.73 Å². The standard InChI is InChI=1S/C12H24N2O3/c1-12(2,3)17-11(16)14-7-5-4-6-9(14)10(15)8-13/h9-10,15H,4-8,13H2,1-3H3/t9-,10+/m1/s1. The normalized spacial score (nSPS) is 23.4. The third-order valence-corrected chi connectivity index (χ3v) is 2.86. The summed E-state index contributed by atoms with van der Waals surface area (Å²) in [4.78, 5) is 13.6. The SMILES string of the molecule is CC(C)(C)OC(=O)N1CCCC[C@@H]1[C@@H](O)CN. The highest BCUT2D eigenvalue weighted by Crippen LogP contribution is 2.22. The Labute approximate surface area is 103 Å². The second-order valence-corrected chi connectivity index (χ2v) is 5.54. The number of ether oxygens (including phenoxy) is 1. The molecular formula is C12H24N2O3. The van der Waals surface area contributed by atoms with Crippen LogP contribution >= 0.6 is 0 Å². The number of aliphatic hydroxyl groups excluding tert-OH is 1. The Morgan fingerprint density at radius 1 is 1.53 bits per heavy atom. The van der Waals surface area contributed by atoms with Crippen LogP contribution in [0.25, 0.3) is 0 Å². The summed E-state index contributed by atoms with van der Waals surface area (Å²) in [6.07, 6.45) is 1.74. The summed E-state index contributed by atoms with van der Waals surface area (Å²) in [7, 11) is 0. The van der Waals surface area contributed by atoms with Crippen LogP contribution in [0.5, 0.6) is 0 Å². The summed E-state index contributed by atoms with van der Waals surface area (Å²) in [5, 5.41) is 9.83. The van der Waals surface area contributed by atoms with E-state index >= 15 is 0 Å². The minimum atomic E-state index is -0.664. The molecular weight excluding hydrogens is 220 g/mol. The number of nitrogens with zero attached hydrogens (tertiary/aromatic N) is 1. The van der Waals surface area contributed by atoms with Crippen molar-refractivity contribution in [1.29, 1.82) is 0 Å². The number of piperidine rings is 1. The minimum Gasteiger partial charge on any atom is -0.444 e. The fraction of sp³-hybridized carbons (Fsp3) is 0.917. The van der Waals surface area contributed by atoms with Crippen LogP contribution in [0, 0.1) is 0 Å². The Hall–Kier alpha value is -0.810. The molecule has 1 fully saturated rings. The van der Waals surface area contributed by atoms with E-state index in [1.807, 2.05) is 20.8 Å². The molecule has 1 heterocycles. The van der Waals surface area contributed by atoms with Gasteiger partial charge in [-0.1, -0.05) is 0 Å². The predicted molar refractivity (Wildman–Crippen MR) is 65.6 cm³/mol. The Bertz CT molecular complexity index is 263. The van der Waals surface area contributed by atoms with Crippen molar-refractivity contribution < 1.29 is 14.6 Å². The molecule has 0 aliphatic carbocycles. The van der Waals surface area contributed by atoms with E-state index in [1.54, 1.807) is 4.90 Å². The van der Waals surface area contributed by atoms with Crippen LogP contribution in [0.1, 0.15) is 40.0 Å². The number of likely N-dealkylation sites (tertiary alicyclic amines) is 1. The molecule has 0 aromatic carbocycles. The zero-order chi connectivity index (χ0) is 13.1. The number of amides is 1. The Kier molecular flexibility index (Phi) is 4.77. The molecule has 1 rings (SSSR count). The number of hydrogen-bond acceptors (Lipinski definition) is 4. The lowest BCUT2D eigenvalue weighted by atomic mass is 9.98. The first-order valence-corrected chi connectivity index (χ1v) is 6.23. The fourth-order valence-electron chi connectivity index (χ4n) is 2.06. The molecule has 0 aromatic rings. The number of hydrogen-bond donors (Lipinski definition) is 2. The van der Waals surface area contributed by atoms with Gasteiger partial charge in [-0.3, -0.25) is 0 Å². The monoisotopic (exact) mass is 244 g/mol. The molecule has 1 aliphatic heterocycles. The van der Waals surface area contributed by atoms with Gasteiger partial charge in [-0.05, 0) is 40.0 Å². The van der Waals surface area contributed by atoms with Gasteiger partial charge in [-0.2, -0.15) is 0 Å². The molecule has 17 heavy (non-hydrogen) atoms. The number of carbonyl (C=O) groups excluding carboxylic acids is 1. The minimum absolute atomic E-state index is 0.171. The van der Waals surface area contributed by atoms with Crippen LogP contribution in [0.3, 0.4) is 0 Å². The maximum absolute atomic E-state index is 12.0. The molecule has 0 spiro atoms. The zero-order valence-corrected chi connectivity index (χ0v) is 11.0. The van der Waals surface area contributed by atoms with Gasteiger partial charge in [-0.25, -0.2) is 4.79 Å². The highest BCUT2D eigenvalue weighted by Gasteiger charge is 2.33. The largest absolute Gasteiger partial charge is 0.444 e. The summed E-state index contributed by atoms with van der Waals surface area (Å²) in [6, 6.07) is -0.205. The van der Waals surface area contributed by atoms with Gasteiger partial charge in [0.15, 0.2) is 0 Å². The zero-order valence-electron chi connectivity index (χ0n) is 11.0. The average molecular weight is 244 g/mol. The molecule has 3 N–H and O–H groups in total. The van der Waals surface area contributed by atoms with E-state index in [2.05, 4.69) is 0 Å². The second kappa shape index (κ2) is 5.69. The third kappa shape index (κ3) is 4.16. The van der Waals surface area contributed by atoms with Crippen molar-refractivity contribution in [1.82, 2.24) is 4.90 Å². The summed E-state index contributed by atoms with van der Waals surface area (Å²) < 4.78 is 5.34. The number of aliphatic hydroxyl groups is 1. The Balaban J connectivity index is 2.67. The van der Waals surface area contributed by atoms with Crippen molar-refractivity contribution in [3.63, 3.8) is 0 Å².